The lowest BCUT2D eigenvalue weighted by Gasteiger charge is -2.14. The number of nitrogens with one attached hydrogen (secondary N) is 1. The predicted octanol–water partition coefficient (Wildman–Crippen LogP) is 3.99. The van der Waals surface area contributed by atoms with Crippen LogP contribution in [0.4, 0.5) is 0 Å². The molecule has 2 heteroatoms. The molecule has 0 aliphatic carbocycles. The molecule has 0 spiro atoms. The van der Waals surface area contributed by atoms with Crippen molar-refractivity contribution in [1.29, 1.82) is 0 Å². The van der Waals surface area contributed by atoms with Crippen LogP contribution >= 0.6 is 11.6 Å². The van der Waals surface area contributed by atoms with Crippen molar-refractivity contribution in [2.75, 3.05) is 13.1 Å². The molecule has 0 saturated heterocycles. The second-order valence-corrected chi connectivity index (χ2v) is 4.96. The van der Waals surface area contributed by atoms with Gasteiger partial charge in [0.1, 0.15) is 0 Å². The van der Waals surface area contributed by atoms with Crippen LogP contribution in [0.15, 0.2) is 30.3 Å². The molecule has 0 saturated carbocycles. The van der Waals surface area contributed by atoms with E-state index in [2.05, 4.69) is 31.3 Å². The average Bonchev–Trinajstić information content (AvgIpc) is 2.30. The van der Waals surface area contributed by atoms with Crippen LogP contribution < -0.4 is 5.32 Å². The first-order valence-corrected chi connectivity index (χ1v) is 6.57. The number of hydrogen-bond acceptors (Lipinski definition) is 1. The van der Waals surface area contributed by atoms with E-state index < -0.39 is 0 Å². The third-order valence-electron chi connectivity index (χ3n) is 2.76. The molecule has 1 rings (SSSR count). The van der Waals surface area contributed by atoms with Gasteiger partial charge in [0.25, 0.3) is 0 Å². The van der Waals surface area contributed by atoms with Crippen LogP contribution in [0.1, 0.15) is 37.6 Å². The number of rotatable bonds is 7. The van der Waals surface area contributed by atoms with Gasteiger partial charge >= 0.3 is 0 Å². The normalized spacial score (nSPS) is 14.7. The third kappa shape index (κ3) is 5.00. The monoisotopic (exact) mass is 239 g/mol. The van der Waals surface area contributed by atoms with E-state index in [1.54, 1.807) is 0 Å². The van der Waals surface area contributed by atoms with Crippen molar-refractivity contribution in [2.24, 2.45) is 5.92 Å². The molecule has 0 radical (unpaired) electrons. The van der Waals surface area contributed by atoms with Gasteiger partial charge in [-0.3, -0.25) is 0 Å². The van der Waals surface area contributed by atoms with E-state index in [4.69, 9.17) is 11.6 Å². The second kappa shape index (κ2) is 7.70. The minimum absolute atomic E-state index is 0.0787. The van der Waals surface area contributed by atoms with Gasteiger partial charge in [-0.05, 0) is 24.4 Å². The molecule has 0 bridgehead atoms. The van der Waals surface area contributed by atoms with Crippen molar-refractivity contribution in [1.82, 2.24) is 5.32 Å². The van der Waals surface area contributed by atoms with Gasteiger partial charge in [0.15, 0.2) is 0 Å². The van der Waals surface area contributed by atoms with Gasteiger partial charge in [0, 0.05) is 6.54 Å². The summed E-state index contributed by atoms with van der Waals surface area (Å²) >= 11 is 6.30. The second-order valence-electron chi connectivity index (χ2n) is 4.43. The maximum Gasteiger partial charge on any atom is 0.0709 e. The van der Waals surface area contributed by atoms with Crippen molar-refractivity contribution >= 4 is 11.6 Å². The molecule has 90 valence electrons. The summed E-state index contributed by atoms with van der Waals surface area (Å²) in [5.41, 5.74) is 1.19. The Morgan fingerprint density at radius 1 is 1.19 bits per heavy atom. The Bertz CT molecular complexity index is 273. The summed E-state index contributed by atoms with van der Waals surface area (Å²) in [6, 6.07) is 10.2. The van der Waals surface area contributed by atoms with Crippen LogP contribution in [0, 0.1) is 5.92 Å². The fourth-order valence-corrected chi connectivity index (χ4v) is 2.09. The Labute approximate surface area is 104 Å². The van der Waals surface area contributed by atoms with E-state index >= 15 is 0 Å². The molecular formula is C14H22ClN. The van der Waals surface area contributed by atoms with Gasteiger partial charge in [-0.25, -0.2) is 0 Å². The fraction of sp³-hybridized carbons (Fsp3) is 0.571. The van der Waals surface area contributed by atoms with Crippen LogP contribution in [0.25, 0.3) is 0 Å². The molecule has 0 amide bonds. The predicted molar refractivity (Wildman–Crippen MR) is 72.0 cm³/mol. The summed E-state index contributed by atoms with van der Waals surface area (Å²) < 4.78 is 0. The average molecular weight is 240 g/mol. The minimum atomic E-state index is 0.0787. The standard InChI is InChI=1S/C14H22ClN/c1-3-7-12(2)10-16-11-14(15)13-8-5-4-6-9-13/h4-6,8-9,12,14,16H,3,7,10-11H2,1-2H3. The lowest BCUT2D eigenvalue weighted by molar-refractivity contribution is 0.476. The van der Waals surface area contributed by atoms with Crippen LogP contribution in [0.2, 0.25) is 0 Å². The van der Waals surface area contributed by atoms with E-state index in [0.717, 1.165) is 19.0 Å². The molecule has 1 aromatic carbocycles. The SMILES string of the molecule is CCCC(C)CNCC(Cl)c1ccccc1. The lowest BCUT2D eigenvalue weighted by atomic mass is 10.1. The van der Waals surface area contributed by atoms with Crippen molar-refractivity contribution in [3.63, 3.8) is 0 Å². The molecule has 0 heterocycles. The molecule has 2 atom stereocenters. The Morgan fingerprint density at radius 2 is 1.88 bits per heavy atom. The van der Waals surface area contributed by atoms with Crippen LogP contribution in [-0.4, -0.2) is 13.1 Å². The third-order valence-corrected chi connectivity index (χ3v) is 3.17. The smallest absolute Gasteiger partial charge is 0.0709 e. The summed E-state index contributed by atoms with van der Waals surface area (Å²) in [5, 5.41) is 3.51. The van der Waals surface area contributed by atoms with Crippen molar-refractivity contribution in [3.05, 3.63) is 35.9 Å². The van der Waals surface area contributed by atoms with Crippen molar-refractivity contribution in [3.8, 4) is 0 Å². The highest BCUT2D eigenvalue weighted by atomic mass is 35.5. The molecule has 1 N–H and O–H groups in total. The van der Waals surface area contributed by atoms with E-state index in [1.165, 1.54) is 18.4 Å². The zero-order chi connectivity index (χ0) is 11.8. The van der Waals surface area contributed by atoms with E-state index in [0.29, 0.717) is 0 Å². The van der Waals surface area contributed by atoms with Crippen molar-refractivity contribution in [2.45, 2.75) is 32.1 Å². The first-order chi connectivity index (χ1) is 7.74. The summed E-state index contributed by atoms with van der Waals surface area (Å²) in [6.45, 7) is 6.41. The maximum atomic E-state index is 6.30. The van der Waals surface area contributed by atoms with Gasteiger partial charge < -0.3 is 5.32 Å². The Morgan fingerprint density at radius 3 is 2.50 bits per heavy atom. The first kappa shape index (κ1) is 13.5. The Balaban J connectivity index is 2.23. The van der Waals surface area contributed by atoms with Gasteiger partial charge in [0.05, 0.1) is 5.38 Å². The number of benzene rings is 1. The van der Waals surface area contributed by atoms with Gasteiger partial charge in [-0.2, -0.15) is 0 Å². The summed E-state index contributed by atoms with van der Waals surface area (Å²) in [7, 11) is 0. The summed E-state index contributed by atoms with van der Waals surface area (Å²) in [4.78, 5) is 0. The summed E-state index contributed by atoms with van der Waals surface area (Å²) in [6.07, 6.45) is 2.54. The topological polar surface area (TPSA) is 12.0 Å². The molecule has 1 aromatic rings. The zero-order valence-corrected chi connectivity index (χ0v) is 11.0. The number of halogens is 1. The number of hydrogen-bond donors (Lipinski definition) is 1. The molecule has 0 fully saturated rings. The molecule has 0 aliphatic rings. The van der Waals surface area contributed by atoms with Crippen molar-refractivity contribution < 1.29 is 0 Å². The Kier molecular flexibility index (Phi) is 6.51. The quantitative estimate of drug-likeness (QED) is 0.710. The van der Waals surface area contributed by atoms with E-state index in [1.807, 2.05) is 18.2 Å². The maximum absolute atomic E-state index is 6.30. The fourth-order valence-electron chi connectivity index (χ4n) is 1.83. The van der Waals surface area contributed by atoms with Crippen LogP contribution in [-0.2, 0) is 0 Å². The molecular weight excluding hydrogens is 218 g/mol. The molecule has 16 heavy (non-hydrogen) atoms. The highest BCUT2D eigenvalue weighted by Crippen LogP contribution is 2.18. The molecule has 0 aliphatic heterocycles. The minimum Gasteiger partial charge on any atom is -0.315 e. The Hall–Kier alpha value is -0.530. The molecule has 1 nitrogen and oxygen atoms in total. The van der Waals surface area contributed by atoms with E-state index in [9.17, 15) is 0 Å². The first-order valence-electron chi connectivity index (χ1n) is 6.13. The lowest BCUT2D eigenvalue weighted by Crippen LogP contribution is -2.24. The van der Waals surface area contributed by atoms with Crippen LogP contribution in [0.5, 0.6) is 0 Å². The largest absolute Gasteiger partial charge is 0.315 e. The van der Waals surface area contributed by atoms with Gasteiger partial charge in [-0.15, -0.1) is 11.6 Å². The highest BCUT2D eigenvalue weighted by molar-refractivity contribution is 6.21. The molecule has 0 aromatic heterocycles. The van der Waals surface area contributed by atoms with E-state index in [-0.39, 0.29) is 5.38 Å². The highest BCUT2D eigenvalue weighted by Gasteiger charge is 2.07. The summed E-state index contributed by atoms with van der Waals surface area (Å²) in [5.74, 6) is 0.740. The zero-order valence-electron chi connectivity index (χ0n) is 10.2. The van der Waals surface area contributed by atoms with Crippen LogP contribution in [0.3, 0.4) is 0 Å². The van der Waals surface area contributed by atoms with Gasteiger partial charge in [-0.1, -0.05) is 50.6 Å². The number of alkyl halides is 1. The molecule has 2 unspecified atom stereocenters. The van der Waals surface area contributed by atoms with Gasteiger partial charge in [0.2, 0.25) is 0 Å².